The van der Waals surface area contributed by atoms with Crippen molar-refractivity contribution < 1.29 is 4.39 Å². The van der Waals surface area contributed by atoms with E-state index in [1.54, 1.807) is 18.3 Å². The molecule has 2 rings (SSSR count). The molecule has 21 heavy (non-hydrogen) atoms. The maximum atomic E-state index is 12.8. The molecular weight excluding hydrogens is 353 g/mol. The van der Waals surface area contributed by atoms with E-state index < -0.39 is 0 Å². The lowest BCUT2D eigenvalue weighted by molar-refractivity contribution is 0.626. The molecule has 0 amide bonds. The highest BCUT2D eigenvalue weighted by Gasteiger charge is 1.99. The largest absolute Gasteiger partial charge is 0.362 e. The van der Waals surface area contributed by atoms with Crippen LogP contribution in [0.5, 0.6) is 0 Å². The number of anilines is 1. The van der Waals surface area contributed by atoms with Crippen LogP contribution in [0, 0.1) is 5.82 Å². The Hall–Kier alpha value is -1.53. The van der Waals surface area contributed by atoms with Crippen LogP contribution in [0.2, 0.25) is 0 Å². The molecule has 1 aromatic heterocycles. The lowest BCUT2D eigenvalue weighted by atomic mass is 10.1. The van der Waals surface area contributed by atoms with Gasteiger partial charge in [0.15, 0.2) is 5.11 Å². The van der Waals surface area contributed by atoms with Gasteiger partial charge >= 0.3 is 0 Å². The van der Waals surface area contributed by atoms with Crippen LogP contribution in [0.15, 0.2) is 47.1 Å². The highest BCUT2D eigenvalue weighted by Crippen LogP contribution is 2.10. The van der Waals surface area contributed by atoms with Gasteiger partial charge in [-0.25, -0.2) is 9.37 Å². The van der Waals surface area contributed by atoms with Gasteiger partial charge in [0.1, 0.15) is 11.6 Å². The van der Waals surface area contributed by atoms with Crippen molar-refractivity contribution in [2.45, 2.75) is 12.8 Å². The molecule has 3 nitrogen and oxygen atoms in total. The fraction of sp³-hybridized carbons (Fsp3) is 0.200. The summed E-state index contributed by atoms with van der Waals surface area (Å²) in [5, 5.41) is 6.68. The minimum Gasteiger partial charge on any atom is -0.362 e. The highest BCUT2D eigenvalue weighted by atomic mass is 79.9. The Kier molecular flexibility index (Phi) is 6.07. The van der Waals surface area contributed by atoms with Gasteiger partial charge in [-0.2, -0.15) is 0 Å². The summed E-state index contributed by atoms with van der Waals surface area (Å²) in [6.45, 7) is 0.750. The normalized spacial score (nSPS) is 10.2. The molecule has 0 aliphatic heterocycles. The van der Waals surface area contributed by atoms with Gasteiger partial charge in [-0.3, -0.25) is 0 Å². The van der Waals surface area contributed by atoms with E-state index in [0.29, 0.717) is 10.9 Å². The van der Waals surface area contributed by atoms with E-state index in [0.717, 1.165) is 29.4 Å². The van der Waals surface area contributed by atoms with Gasteiger partial charge in [0.2, 0.25) is 0 Å². The average Bonchev–Trinajstić information content (AvgIpc) is 2.48. The number of thiocarbonyl (C=S) groups is 1. The smallest absolute Gasteiger partial charge is 0.171 e. The molecular formula is C15H15BrFN3S. The Bertz CT molecular complexity index is 587. The van der Waals surface area contributed by atoms with Gasteiger partial charge < -0.3 is 10.6 Å². The quantitative estimate of drug-likeness (QED) is 0.620. The number of nitrogens with zero attached hydrogens (tertiary/aromatic N) is 1. The molecule has 2 N–H and O–H groups in total. The van der Waals surface area contributed by atoms with Crippen molar-refractivity contribution in [2.24, 2.45) is 0 Å². The highest BCUT2D eigenvalue weighted by molar-refractivity contribution is 9.10. The monoisotopic (exact) mass is 367 g/mol. The molecule has 6 heteroatoms. The first-order valence-corrected chi connectivity index (χ1v) is 7.74. The first-order valence-electron chi connectivity index (χ1n) is 6.54. The Morgan fingerprint density at radius 1 is 1.19 bits per heavy atom. The zero-order valence-corrected chi connectivity index (χ0v) is 13.7. The van der Waals surface area contributed by atoms with Gasteiger partial charge in [0.25, 0.3) is 0 Å². The number of nitrogens with one attached hydrogen (secondary N) is 2. The zero-order chi connectivity index (χ0) is 15.1. The summed E-state index contributed by atoms with van der Waals surface area (Å²) < 4.78 is 13.7. The Morgan fingerprint density at radius 2 is 1.95 bits per heavy atom. The van der Waals surface area contributed by atoms with E-state index in [1.165, 1.54) is 12.1 Å². The number of hydrogen-bond donors (Lipinski definition) is 2. The predicted octanol–water partition coefficient (Wildman–Crippen LogP) is 3.90. The lowest BCUT2D eigenvalue weighted by Gasteiger charge is -2.09. The molecule has 0 atom stereocenters. The zero-order valence-electron chi connectivity index (χ0n) is 11.3. The Balaban J connectivity index is 1.67. The molecule has 0 radical (unpaired) electrons. The number of pyridine rings is 1. The third-order valence-corrected chi connectivity index (χ3v) is 3.53. The van der Waals surface area contributed by atoms with E-state index in [1.807, 2.05) is 12.1 Å². The number of aryl methyl sites for hydroxylation is 1. The lowest BCUT2D eigenvalue weighted by Crippen LogP contribution is -2.29. The van der Waals surface area contributed by atoms with E-state index in [-0.39, 0.29) is 5.82 Å². The second-order valence-electron chi connectivity index (χ2n) is 4.47. The number of benzene rings is 1. The first kappa shape index (κ1) is 15.9. The number of hydrogen-bond acceptors (Lipinski definition) is 2. The number of aromatic nitrogens is 1. The van der Waals surface area contributed by atoms with Crippen molar-refractivity contribution in [3.63, 3.8) is 0 Å². The maximum absolute atomic E-state index is 12.8. The van der Waals surface area contributed by atoms with E-state index >= 15 is 0 Å². The average molecular weight is 368 g/mol. The SMILES string of the molecule is Fc1ccc(CCCNC(=S)Nc2ccc(Br)cn2)cc1. The summed E-state index contributed by atoms with van der Waals surface area (Å²) in [5.74, 6) is 0.499. The fourth-order valence-electron chi connectivity index (χ4n) is 1.76. The van der Waals surface area contributed by atoms with Crippen molar-refractivity contribution in [2.75, 3.05) is 11.9 Å². The van der Waals surface area contributed by atoms with Crippen LogP contribution in [0.25, 0.3) is 0 Å². The van der Waals surface area contributed by atoms with Crippen LogP contribution in [0.4, 0.5) is 10.2 Å². The summed E-state index contributed by atoms with van der Waals surface area (Å²) in [4.78, 5) is 4.18. The van der Waals surface area contributed by atoms with Gasteiger partial charge in [-0.1, -0.05) is 12.1 Å². The van der Waals surface area contributed by atoms with Gasteiger partial charge in [-0.05, 0) is 70.8 Å². The minimum absolute atomic E-state index is 0.204. The number of halogens is 2. The van der Waals surface area contributed by atoms with Crippen LogP contribution < -0.4 is 10.6 Å². The molecule has 1 aromatic carbocycles. The molecule has 110 valence electrons. The first-order chi connectivity index (χ1) is 10.1. The summed E-state index contributed by atoms with van der Waals surface area (Å²) in [7, 11) is 0. The second kappa shape index (κ2) is 8.05. The molecule has 2 aromatic rings. The standard InChI is InChI=1S/C15H15BrFN3S/c16-12-5-8-14(19-10-12)20-15(21)18-9-1-2-11-3-6-13(17)7-4-11/h3-8,10H,1-2,9H2,(H2,18,19,20,21). The molecule has 0 spiro atoms. The Labute approximate surface area is 137 Å². The van der Waals surface area contributed by atoms with Crippen LogP contribution in [-0.2, 0) is 6.42 Å². The molecule has 0 bridgehead atoms. The summed E-state index contributed by atoms with van der Waals surface area (Å²) in [5.41, 5.74) is 1.12. The predicted molar refractivity (Wildman–Crippen MR) is 90.9 cm³/mol. The molecule has 0 saturated heterocycles. The molecule has 0 fully saturated rings. The fourth-order valence-corrected chi connectivity index (χ4v) is 2.20. The summed E-state index contributed by atoms with van der Waals surface area (Å²) in [6.07, 6.45) is 3.51. The van der Waals surface area contributed by atoms with Crippen molar-refractivity contribution in [1.82, 2.24) is 10.3 Å². The molecule has 0 aliphatic rings. The van der Waals surface area contributed by atoms with Gasteiger partial charge in [-0.15, -0.1) is 0 Å². The topological polar surface area (TPSA) is 37.0 Å². The van der Waals surface area contributed by atoms with Crippen molar-refractivity contribution >= 4 is 39.1 Å². The van der Waals surface area contributed by atoms with E-state index in [9.17, 15) is 4.39 Å². The van der Waals surface area contributed by atoms with Crippen LogP contribution in [0.3, 0.4) is 0 Å². The summed E-state index contributed by atoms with van der Waals surface area (Å²) in [6, 6.07) is 10.3. The van der Waals surface area contributed by atoms with Crippen molar-refractivity contribution in [1.29, 1.82) is 0 Å². The van der Waals surface area contributed by atoms with Crippen molar-refractivity contribution in [3.05, 3.63) is 58.4 Å². The maximum Gasteiger partial charge on any atom is 0.171 e. The van der Waals surface area contributed by atoms with E-state index in [4.69, 9.17) is 12.2 Å². The minimum atomic E-state index is -0.204. The van der Waals surface area contributed by atoms with Gasteiger partial charge in [0.05, 0.1) is 0 Å². The van der Waals surface area contributed by atoms with Crippen LogP contribution in [0.1, 0.15) is 12.0 Å². The molecule has 0 aliphatic carbocycles. The molecule has 0 unspecified atom stereocenters. The second-order valence-corrected chi connectivity index (χ2v) is 5.80. The van der Waals surface area contributed by atoms with Gasteiger partial charge in [0, 0.05) is 17.2 Å². The van der Waals surface area contributed by atoms with Crippen LogP contribution >= 0.6 is 28.1 Å². The third-order valence-electron chi connectivity index (χ3n) is 2.81. The van der Waals surface area contributed by atoms with Crippen LogP contribution in [-0.4, -0.2) is 16.6 Å². The Morgan fingerprint density at radius 3 is 2.62 bits per heavy atom. The summed E-state index contributed by atoms with van der Waals surface area (Å²) >= 11 is 8.52. The third kappa shape index (κ3) is 5.77. The van der Waals surface area contributed by atoms with Crippen molar-refractivity contribution in [3.8, 4) is 0 Å². The number of rotatable bonds is 5. The molecule has 0 saturated carbocycles. The van der Waals surface area contributed by atoms with E-state index in [2.05, 4.69) is 31.5 Å². The molecule has 1 heterocycles.